The van der Waals surface area contributed by atoms with Gasteiger partial charge in [-0.1, -0.05) is 23.4 Å². The van der Waals surface area contributed by atoms with Crippen molar-refractivity contribution in [1.29, 1.82) is 0 Å². The van der Waals surface area contributed by atoms with Crippen LogP contribution in [0.3, 0.4) is 0 Å². The fourth-order valence-corrected chi connectivity index (χ4v) is 3.28. The molecule has 19 heavy (non-hydrogen) atoms. The number of nitrogens with one attached hydrogen (secondary N) is 1. The molecule has 0 aromatic heterocycles. The van der Waals surface area contributed by atoms with Gasteiger partial charge in [0, 0.05) is 9.92 Å². The number of hydrogen-bond acceptors (Lipinski definition) is 4. The van der Waals surface area contributed by atoms with Gasteiger partial charge in [-0.2, -0.15) is 0 Å². The molecule has 0 fully saturated rings. The smallest absolute Gasteiger partial charge is 0.143 e. The molecule has 1 heterocycles. The molecule has 3 rings (SSSR count). The van der Waals surface area contributed by atoms with Gasteiger partial charge in [-0.05, 0) is 30.3 Å². The van der Waals surface area contributed by atoms with Crippen molar-refractivity contribution in [3.05, 3.63) is 35.4 Å². The highest BCUT2D eigenvalue weighted by Gasteiger charge is 2.22. The lowest BCUT2D eigenvalue weighted by Crippen LogP contribution is -2.03. The highest BCUT2D eigenvalue weighted by atomic mass is 35.5. The van der Waals surface area contributed by atoms with Crippen LogP contribution < -0.4 is 14.8 Å². The molecule has 0 saturated heterocycles. The van der Waals surface area contributed by atoms with Crippen molar-refractivity contribution in [1.82, 2.24) is 0 Å². The maximum Gasteiger partial charge on any atom is 0.143 e. The number of benzene rings is 2. The van der Waals surface area contributed by atoms with Crippen LogP contribution in [0.4, 0.5) is 11.4 Å². The summed E-state index contributed by atoms with van der Waals surface area (Å²) in [5, 5.41) is 4.07. The Hall–Kier alpha value is -1.52. The first-order chi connectivity index (χ1) is 9.22. The third kappa shape index (κ3) is 2.11. The summed E-state index contributed by atoms with van der Waals surface area (Å²) in [6.07, 6.45) is 0. The topological polar surface area (TPSA) is 30.5 Å². The molecule has 2 aromatic carbocycles. The SMILES string of the molecule is COc1ccc(OC)c2c1Nc1cc(Cl)ccc1S2. The van der Waals surface area contributed by atoms with Crippen molar-refractivity contribution < 1.29 is 9.47 Å². The van der Waals surface area contributed by atoms with E-state index in [4.69, 9.17) is 21.1 Å². The van der Waals surface area contributed by atoms with Crippen LogP contribution in [-0.2, 0) is 0 Å². The van der Waals surface area contributed by atoms with E-state index in [-0.39, 0.29) is 0 Å². The zero-order chi connectivity index (χ0) is 13.4. The lowest BCUT2D eigenvalue weighted by atomic mass is 10.2. The second-order valence-electron chi connectivity index (χ2n) is 4.04. The molecule has 0 unspecified atom stereocenters. The van der Waals surface area contributed by atoms with Gasteiger partial charge in [0.25, 0.3) is 0 Å². The molecular weight excluding hydrogens is 282 g/mol. The van der Waals surface area contributed by atoms with E-state index in [0.717, 1.165) is 32.7 Å². The monoisotopic (exact) mass is 293 g/mol. The summed E-state index contributed by atoms with van der Waals surface area (Å²) < 4.78 is 10.8. The minimum Gasteiger partial charge on any atom is -0.495 e. The Morgan fingerprint density at radius 2 is 1.79 bits per heavy atom. The van der Waals surface area contributed by atoms with E-state index in [1.165, 1.54) is 0 Å². The van der Waals surface area contributed by atoms with E-state index in [1.54, 1.807) is 26.0 Å². The second kappa shape index (κ2) is 4.87. The minimum atomic E-state index is 0.706. The maximum absolute atomic E-state index is 6.03. The Morgan fingerprint density at radius 3 is 2.53 bits per heavy atom. The minimum absolute atomic E-state index is 0.706. The fourth-order valence-electron chi connectivity index (χ4n) is 2.03. The molecule has 0 atom stereocenters. The lowest BCUT2D eigenvalue weighted by Gasteiger charge is -2.24. The molecule has 0 bridgehead atoms. The Bertz CT molecular complexity index is 646. The summed E-state index contributed by atoms with van der Waals surface area (Å²) in [5.74, 6) is 1.61. The molecule has 1 N–H and O–H groups in total. The third-order valence-corrected chi connectivity index (χ3v) is 4.36. The zero-order valence-corrected chi connectivity index (χ0v) is 12.1. The standard InChI is InChI=1S/C14H12ClNO2S/c1-17-10-4-5-11(18-2)14-13(10)16-9-7-8(15)3-6-12(9)19-14/h3-7,16H,1-2H3. The van der Waals surface area contributed by atoms with Crippen LogP contribution in [0.15, 0.2) is 40.1 Å². The zero-order valence-electron chi connectivity index (χ0n) is 10.5. The molecular formula is C14H12ClNO2S. The van der Waals surface area contributed by atoms with Crippen molar-refractivity contribution in [3.63, 3.8) is 0 Å². The molecule has 98 valence electrons. The van der Waals surface area contributed by atoms with Crippen molar-refractivity contribution in [3.8, 4) is 11.5 Å². The van der Waals surface area contributed by atoms with E-state index in [0.29, 0.717) is 5.02 Å². The molecule has 2 aromatic rings. The molecule has 0 spiro atoms. The summed E-state index contributed by atoms with van der Waals surface area (Å²) in [6, 6.07) is 9.59. The predicted molar refractivity (Wildman–Crippen MR) is 78.4 cm³/mol. The van der Waals surface area contributed by atoms with Crippen molar-refractivity contribution in [2.24, 2.45) is 0 Å². The molecule has 3 nitrogen and oxygen atoms in total. The number of rotatable bonds is 2. The van der Waals surface area contributed by atoms with Gasteiger partial charge in [0.15, 0.2) is 0 Å². The second-order valence-corrected chi connectivity index (χ2v) is 5.53. The van der Waals surface area contributed by atoms with Crippen LogP contribution in [0, 0.1) is 0 Å². The predicted octanol–water partition coefficient (Wildman–Crippen LogP) is 4.57. The normalized spacial score (nSPS) is 12.2. The van der Waals surface area contributed by atoms with E-state index >= 15 is 0 Å². The third-order valence-electron chi connectivity index (χ3n) is 2.94. The summed E-state index contributed by atoms with van der Waals surface area (Å²) >= 11 is 7.68. The fraction of sp³-hybridized carbons (Fsp3) is 0.143. The van der Waals surface area contributed by atoms with Gasteiger partial charge in [-0.3, -0.25) is 0 Å². The van der Waals surface area contributed by atoms with Crippen LogP contribution >= 0.6 is 23.4 Å². The van der Waals surface area contributed by atoms with E-state index < -0.39 is 0 Å². The summed E-state index contributed by atoms with van der Waals surface area (Å²) in [4.78, 5) is 2.14. The lowest BCUT2D eigenvalue weighted by molar-refractivity contribution is 0.396. The highest BCUT2D eigenvalue weighted by Crippen LogP contribution is 2.52. The molecule has 1 aliphatic rings. The van der Waals surface area contributed by atoms with Gasteiger partial charge >= 0.3 is 0 Å². The van der Waals surface area contributed by atoms with Crippen LogP contribution in [0.1, 0.15) is 0 Å². The average Bonchev–Trinajstić information content (AvgIpc) is 2.44. The first-order valence-electron chi connectivity index (χ1n) is 5.72. The van der Waals surface area contributed by atoms with Crippen molar-refractivity contribution in [2.75, 3.05) is 19.5 Å². The molecule has 0 saturated carbocycles. The molecule has 0 amide bonds. The highest BCUT2D eigenvalue weighted by molar-refractivity contribution is 7.99. The number of methoxy groups -OCH3 is 2. The van der Waals surface area contributed by atoms with Crippen molar-refractivity contribution in [2.45, 2.75) is 9.79 Å². The number of fused-ring (bicyclic) bond motifs is 2. The van der Waals surface area contributed by atoms with Crippen LogP contribution in [0.5, 0.6) is 11.5 Å². The van der Waals surface area contributed by atoms with Gasteiger partial charge < -0.3 is 14.8 Å². The number of ether oxygens (including phenoxy) is 2. The Kier molecular flexibility index (Phi) is 3.21. The number of halogens is 1. The van der Waals surface area contributed by atoms with E-state index in [9.17, 15) is 0 Å². The Balaban J connectivity index is 2.15. The molecule has 5 heteroatoms. The average molecular weight is 294 g/mol. The van der Waals surface area contributed by atoms with Gasteiger partial charge in [0.1, 0.15) is 11.5 Å². The van der Waals surface area contributed by atoms with Gasteiger partial charge in [0.2, 0.25) is 0 Å². The van der Waals surface area contributed by atoms with E-state index in [2.05, 4.69) is 5.32 Å². The molecule has 1 aliphatic heterocycles. The van der Waals surface area contributed by atoms with E-state index in [1.807, 2.05) is 30.3 Å². The Morgan fingerprint density at radius 1 is 1.05 bits per heavy atom. The van der Waals surface area contributed by atoms with Crippen molar-refractivity contribution >= 4 is 34.7 Å². The number of anilines is 2. The van der Waals surface area contributed by atoms with Crippen LogP contribution in [0.25, 0.3) is 0 Å². The first kappa shape index (κ1) is 12.5. The van der Waals surface area contributed by atoms with Crippen LogP contribution in [-0.4, -0.2) is 14.2 Å². The number of hydrogen-bond donors (Lipinski definition) is 1. The summed E-state index contributed by atoms with van der Waals surface area (Å²) in [7, 11) is 3.32. The summed E-state index contributed by atoms with van der Waals surface area (Å²) in [6.45, 7) is 0. The maximum atomic E-state index is 6.03. The van der Waals surface area contributed by atoms with Gasteiger partial charge in [-0.15, -0.1) is 0 Å². The molecule has 0 aliphatic carbocycles. The first-order valence-corrected chi connectivity index (χ1v) is 6.92. The Labute approximate surface area is 120 Å². The van der Waals surface area contributed by atoms with Gasteiger partial charge in [-0.25, -0.2) is 0 Å². The van der Waals surface area contributed by atoms with Crippen LogP contribution in [0.2, 0.25) is 5.02 Å². The summed E-state index contributed by atoms with van der Waals surface area (Å²) in [5.41, 5.74) is 1.90. The molecule has 0 radical (unpaired) electrons. The quantitative estimate of drug-likeness (QED) is 0.750. The largest absolute Gasteiger partial charge is 0.495 e. The van der Waals surface area contributed by atoms with Gasteiger partial charge in [0.05, 0.1) is 30.5 Å².